The summed E-state index contributed by atoms with van der Waals surface area (Å²) >= 11 is 0. The first-order chi connectivity index (χ1) is 14.8. The third-order valence-electron chi connectivity index (χ3n) is 5.93. The second-order valence-electron chi connectivity index (χ2n) is 9.33. The first kappa shape index (κ1) is 21.0. The second kappa shape index (κ2) is 8.50. The van der Waals surface area contributed by atoms with Gasteiger partial charge in [0, 0.05) is 23.2 Å². The van der Waals surface area contributed by atoms with Crippen molar-refractivity contribution in [3.8, 4) is 0 Å². The molecule has 160 valence electrons. The lowest BCUT2D eigenvalue weighted by Gasteiger charge is -2.20. The molecular formula is C26H29N3O2. The lowest BCUT2D eigenvalue weighted by atomic mass is 9.87. The predicted molar refractivity (Wildman–Crippen MR) is 124 cm³/mol. The van der Waals surface area contributed by atoms with Gasteiger partial charge in [0.2, 0.25) is 0 Å². The molecule has 5 heteroatoms. The molecule has 0 saturated heterocycles. The molecule has 31 heavy (non-hydrogen) atoms. The van der Waals surface area contributed by atoms with Gasteiger partial charge in [0.25, 0.3) is 11.5 Å². The number of nitrogens with one attached hydrogen (secondary N) is 2. The Morgan fingerprint density at radius 3 is 2.55 bits per heavy atom. The maximum absolute atomic E-state index is 12.9. The van der Waals surface area contributed by atoms with Gasteiger partial charge in [-0.05, 0) is 72.1 Å². The third-order valence-corrected chi connectivity index (χ3v) is 5.93. The number of H-pyrrole nitrogens is 1. The highest BCUT2D eigenvalue weighted by Gasteiger charge is 2.18. The minimum Gasteiger partial charge on any atom is -0.322 e. The van der Waals surface area contributed by atoms with E-state index in [1.807, 2.05) is 42.5 Å². The minimum atomic E-state index is -0.135. The van der Waals surface area contributed by atoms with Gasteiger partial charge < -0.3 is 5.32 Å². The fourth-order valence-corrected chi connectivity index (χ4v) is 4.16. The molecule has 4 rings (SSSR count). The lowest BCUT2D eigenvalue weighted by Crippen LogP contribution is -2.23. The number of carbonyl (C=O) groups is 1. The molecular weight excluding hydrogens is 386 g/mol. The summed E-state index contributed by atoms with van der Waals surface area (Å²) in [5.41, 5.74) is 6.40. The van der Waals surface area contributed by atoms with Gasteiger partial charge in [-0.2, -0.15) is 5.10 Å². The van der Waals surface area contributed by atoms with Crippen LogP contribution >= 0.6 is 0 Å². The van der Waals surface area contributed by atoms with Crippen LogP contribution in [0.15, 0.2) is 53.3 Å². The summed E-state index contributed by atoms with van der Waals surface area (Å²) in [5, 5.41) is 9.99. The Balaban J connectivity index is 1.54. The fraction of sp³-hybridized carbons (Fsp3) is 0.346. The zero-order chi connectivity index (χ0) is 22.0. The Morgan fingerprint density at radius 1 is 1.03 bits per heavy atom. The fourth-order valence-electron chi connectivity index (χ4n) is 4.16. The van der Waals surface area contributed by atoms with E-state index in [0.29, 0.717) is 12.0 Å². The van der Waals surface area contributed by atoms with E-state index < -0.39 is 0 Å². The summed E-state index contributed by atoms with van der Waals surface area (Å²) in [4.78, 5) is 25.0. The van der Waals surface area contributed by atoms with E-state index in [2.05, 4.69) is 42.4 Å². The summed E-state index contributed by atoms with van der Waals surface area (Å²) in [7, 11) is 0. The molecule has 3 aromatic rings. The second-order valence-corrected chi connectivity index (χ2v) is 9.33. The normalized spacial score (nSPS) is 13.5. The van der Waals surface area contributed by atoms with E-state index in [-0.39, 0.29) is 16.9 Å². The molecule has 0 atom stereocenters. The van der Waals surface area contributed by atoms with Crippen molar-refractivity contribution in [2.45, 2.75) is 58.3 Å². The van der Waals surface area contributed by atoms with Gasteiger partial charge in [0.15, 0.2) is 0 Å². The number of rotatable bonds is 4. The van der Waals surface area contributed by atoms with Crippen molar-refractivity contribution in [1.82, 2.24) is 10.2 Å². The number of hydrogen-bond donors (Lipinski definition) is 2. The standard InChI is InChI=1S/C26H29N3O2/c1-26(2,3)19-10-7-11-20(16-19)27-24(30)18-9-6-8-17(14-18)15-23-21-12-4-5-13-22(21)25(31)29-28-23/h6-11,14,16H,4-5,12-13,15H2,1-3H3,(H,27,30)(H,29,31). The van der Waals surface area contributed by atoms with Gasteiger partial charge in [0.05, 0.1) is 5.69 Å². The van der Waals surface area contributed by atoms with E-state index in [9.17, 15) is 9.59 Å². The zero-order valence-corrected chi connectivity index (χ0v) is 18.4. The molecule has 1 aliphatic rings. The maximum atomic E-state index is 12.9. The average molecular weight is 416 g/mol. The van der Waals surface area contributed by atoms with Gasteiger partial charge in [-0.3, -0.25) is 9.59 Å². The molecule has 1 amide bonds. The van der Waals surface area contributed by atoms with Gasteiger partial charge in [-0.1, -0.05) is 45.0 Å². The Hall–Kier alpha value is -3.21. The van der Waals surface area contributed by atoms with Crippen LogP contribution in [0.3, 0.4) is 0 Å². The topological polar surface area (TPSA) is 74.8 Å². The number of carbonyl (C=O) groups excluding carboxylic acids is 1. The van der Waals surface area contributed by atoms with E-state index in [1.54, 1.807) is 0 Å². The van der Waals surface area contributed by atoms with Crippen molar-refractivity contribution >= 4 is 11.6 Å². The minimum absolute atomic E-state index is 0.0173. The number of hydrogen-bond acceptors (Lipinski definition) is 3. The molecule has 5 nitrogen and oxygen atoms in total. The van der Waals surface area contributed by atoms with E-state index in [1.165, 1.54) is 5.56 Å². The molecule has 0 radical (unpaired) electrons. The molecule has 0 aliphatic heterocycles. The van der Waals surface area contributed by atoms with Crippen molar-refractivity contribution in [3.63, 3.8) is 0 Å². The summed E-state index contributed by atoms with van der Waals surface area (Å²) in [6, 6.07) is 15.6. The van der Waals surface area contributed by atoms with Crippen molar-refractivity contribution in [2.24, 2.45) is 0 Å². The molecule has 0 spiro atoms. The van der Waals surface area contributed by atoms with Gasteiger partial charge in [0.1, 0.15) is 0 Å². The van der Waals surface area contributed by atoms with E-state index >= 15 is 0 Å². The Bertz CT molecular complexity index is 1170. The van der Waals surface area contributed by atoms with Crippen LogP contribution in [-0.2, 0) is 24.7 Å². The van der Waals surface area contributed by atoms with Crippen LogP contribution in [0.5, 0.6) is 0 Å². The Labute approximate surface area is 182 Å². The number of nitrogens with zero attached hydrogens (tertiary/aromatic N) is 1. The first-order valence-electron chi connectivity index (χ1n) is 10.9. The highest BCUT2D eigenvalue weighted by molar-refractivity contribution is 6.04. The molecule has 2 aromatic carbocycles. The quantitative estimate of drug-likeness (QED) is 0.643. The highest BCUT2D eigenvalue weighted by Crippen LogP contribution is 2.25. The lowest BCUT2D eigenvalue weighted by molar-refractivity contribution is 0.102. The van der Waals surface area contributed by atoms with Crippen molar-refractivity contribution in [1.29, 1.82) is 0 Å². The molecule has 2 N–H and O–H groups in total. The molecule has 1 aliphatic carbocycles. The summed E-state index contributed by atoms with van der Waals surface area (Å²) < 4.78 is 0. The molecule has 1 heterocycles. The monoisotopic (exact) mass is 415 g/mol. The Kier molecular flexibility index (Phi) is 5.77. The SMILES string of the molecule is CC(C)(C)c1cccc(NC(=O)c2cccc(Cc3n[nH]c(=O)c4c3CCCC4)c2)c1. The van der Waals surface area contributed by atoms with Crippen molar-refractivity contribution in [2.75, 3.05) is 5.32 Å². The average Bonchev–Trinajstić information content (AvgIpc) is 2.76. The van der Waals surface area contributed by atoms with Gasteiger partial charge in [-0.25, -0.2) is 5.10 Å². The van der Waals surface area contributed by atoms with Crippen molar-refractivity contribution in [3.05, 3.63) is 92.4 Å². The van der Waals surface area contributed by atoms with Crippen LogP contribution in [0, 0.1) is 0 Å². The van der Waals surface area contributed by atoms with Crippen LogP contribution in [0.2, 0.25) is 0 Å². The third kappa shape index (κ3) is 4.76. The number of anilines is 1. The molecule has 0 bridgehead atoms. The number of fused-ring (bicyclic) bond motifs is 1. The number of aromatic amines is 1. The zero-order valence-electron chi connectivity index (χ0n) is 18.4. The van der Waals surface area contributed by atoms with Crippen LogP contribution in [0.1, 0.15) is 71.9 Å². The largest absolute Gasteiger partial charge is 0.322 e. The predicted octanol–water partition coefficient (Wildman–Crippen LogP) is 4.79. The summed E-state index contributed by atoms with van der Waals surface area (Å²) in [6.45, 7) is 6.46. The number of benzene rings is 2. The highest BCUT2D eigenvalue weighted by atomic mass is 16.1. The summed E-state index contributed by atoms with van der Waals surface area (Å²) in [5.74, 6) is -0.135. The van der Waals surface area contributed by atoms with E-state index in [4.69, 9.17) is 0 Å². The Morgan fingerprint density at radius 2 is 1.77 bits per heavy atom. The van der Waals surface area contributed by atoms with Crippen LogP contribution in [0.25, 0.3) is 0 Å². The first-order valence-corrected chi connectivity index (χ1v) is 10.9. The number of aromatic nitrogens is 2. The van der Waals surface area contributed by atoms with Crippen molar-refractivity contribution < 1.29 is 4.79 Å². The maximum Gasteiger partial charge on any atom is 0.267 e. The molecule has 0 unspecified atom stereocenters. The van der Waals surface area contributed by atoms with Gasteiger partial charge in [-0.15, -0.1) is 0 Å². The molecule has 0 fully saturated rings. The molecule has 1 aromatic heterocycles. The van der Waals surface area contributed by atoms with Crippen LogP contribution in [0.4, 0.5) is 5.69 Å². The van der Waals surface area contributed by atoms with E-state index in [0.717, 1.165) is 53.8 Å². The van der Waals surface area contributed by atoms with Crippen LogP contribution < -0.4 is 10.9 Å². The van der Waals surface area contributed by atoms with Crippen LogP contribution in [-0.4, -0.2) is 16.1 Å². The van der Waals surface area contributed by atoms with Gasteiger partial charge >= 0.3 is 0 Å². The number of amides is 1. The molecule has 0 saturated carbocycles. The smallest absolute Gasteiger partial charge is 0.267 e. The summed E-state index contributed by atoms with van der Waals surface area (Å²) in [6.07, 6.45) is 4.44.